The number of imidazole rings is 1. The molecule has 0 aliphatic heterocycles. The predicted octanol–water partition coefficient (Wildman–Crippen LogP) is 2.85. The molecule has 3 heteroatoms. The van der Waals surface area contributed by atoms with Gasteiger partial charge in [0.05, 0.1) is 6.04 Å². The minimum absolute atomic E-state index is 0.336. The molecule has 96 valence electrons. The highest BCUT2D eigenvalue weighted by Crippen LogP contribution is 2.17. The van der Waals surface area contributed by atoms with Gasteiger partial charge in [0.25, 0.3) is 0 Å². The van der Waals surface area contributed by atoms with E-state index in [-0.39, 0.29) is 0 Å². The van der Waals surface area contributed by atoms with Crippen LogP contribution >= 0.6 is 0 Å². The molecule has 0 fully saturated rings. The molecule has 0 saturated carbocycles. The third kappa shape index (κ3) is 2.99. The van der Waals surface area contributed by atoms with Gasteiger partial charge in [0.1, 0.15) is 5.82 Å². The highest BCUT2D eigenvalue weighted by molar-refractivity contribution is 5.25. The van der Waals surface area contributed by atoms with Gasteiger partial charge in [0.2, 0.25) is 0 Å². The Morgan fingerprint density at radius 1 is 1.33 bits per heavy atom. The van der Waals surface area contributed by atoms with Crippen LogP contribution in [-0.2, 0) is 6.54 Å². The zero-order chi connectivity index (χ0) is 13.0. The number of nitrogens with zero attached hydrogens (tertiary/aromatic N) is 2. The first-order valence-electron chi connectivity index (χ1n) is 6.48. The van der Waals surface area contributed by atoms with Crippen molar-refractivity contribution < 1.29 is 0 Å². The molecule has 0 radical (unpaired) electrons. The van der Waals surface area contributed by atoms with E-state index in [0.717, 1.165) is 18.9 Å². The van der Waals surface area contributed by atoms with Crippen LogP contribution in [0.2, 0.25) is 0 Å². The zero-order valence-corrected chi connectivity index (χ0v) is 11.4. The van der Waals surface area contributed by atoms with Crippen LogP contribution in [0.3, 0.4) is 0 Å². The molecule has 18 heavy (non-hydrogen) atoms. The van der Waals surface area contributed by atoms with Gasteiger partial charge in [0, 0.05) is 18.9 Å². The molecule has 0 aliphatic carbocycles. The molecule has 0 bridgehead atoms. The predicted molar refractivity (Wildman–Crippen MR) is 74.6 cm³/mol. The van der Waals surface area contributed by atoms with E-state index < -0.39 is 0 Å². The van der Waals surface area contributed by atoms with Crippen molar-refractivity contribution in [3.8, 4) is 0 Å². The van der Waals surface area contributed by atoms with E-state index in [4.69, 9.17) is 0 Å². The Bertz CT molecular complexity index is 502. The number of nitrogens with one attached hydrogen (secondary N) is 1. The number of benzene rings is 1. The molecule has 1 N–H and O–H groups in total. The van der Waals surface area contributed by atoms with E-state index in [9.17, 15) is 0 Å². The van der Waals surface area contributed by atoms with Crippen LogP contribution in [0.1, 0.15) is 29.9 Å². The molecule has 0 aliphatic rings. The Hall–Kier alpha value is -1.61. The fraction of sp³-hybridized carbons (Fsp3) is 0.400. The largest absolute Gasteiger partial charge is 0.333 e. The van der Waals surface area contributed by atoms with Gasteiger partial charge >= 0.3 is 0 Å². The third-order valence-electron chi connectivity index (χ3n) is 3.20. The van der Waals surface area contributed by atoms with Gasteiger partial charge in [-0.15, -0.1) is 0 Å². The number of aromatic nitrogens is 2. The molecule has 2 rings (SSSR count). The van der Waals surface area contributed by atoms with Gasteiger partial charge in [-0.1, -0.05) is 36.8 Å². The molecule has 0 amide bonds. The van der Waals surface area contributed by atoms with Crippen LogP contribution in [0, 0.1) is 13.8 Å². The summed E-state index contributed by atoms with van der Waals surface area (Å²) in [4.78, 5) is 4.28. The SMILES string of the molecule is CCNC(Cn1ccnc1C)c1cccc(C)c1. The molecule has 1 heterocycles. The first-order chi connectivity index (χ1) is 8.70. The summed E-state index contributed by atoms with van der Waals surface area (Å²) in [6, 6.07) is 9.03. The Morgan fingerprint density at radius 3 is 2.78 bits per heavy atom. The average Bonchev–Trinajstić information content (AvgIpc) is 2.74. The number of hydrogen-bond acceptors (Lipinski definition) is 2. The molecule has 1 unspecified atom stereocenters. The minimum atomic E-state index is 0.336. The van der Waals surface area contributed by atoms with Gasteiger partial charge in [-0.05, 0) is 26.0 Å². The summed E-state index contributed by atoms with van der Waals surface area (Å²) < 4.78 is 2.19. The van der Waals surface area contributed by atoms with Crippen LogP contribution in [0.5, 0.6) is 0 Å². The lowest BCUT2D eigenvalue weighted by Gasteiger charge is -2.20. The molecular formula is C15H21N3. The second kappa shape index (κ2) is 5.83. The van der Waals surface area contributed by atoms with E-state index in [1.807, 2.05) is 19.3 Å². The lowest BCUT2D eigenvalue weighted by molar-refractivity contribution is 0.469. The lowest BCUT2D eigenvalue weighted by Crippen LogP contribution is -2.25. The van der Waals surface area contributed by atoms with Crippen molar-refractivity contribution in [3.05, 3.63) is 53.6 Å². The fourth-order valence-electron chi connectivity index (χ4n) is 2.21. The average molecular weight is 243 g/mol. The molecule has 1 atom stereocenters. The fourth-order valence-corrected chi connectivity index (χ4v) is 2.21. The Kier molecular flexibility index (Phi) is 4.15. The second-order valence-corrected chi connectivity index (χ2v) is 4.65. The smallest absolute Gasteiger partial charge is 0.105 e. The van der Waals surface area contributed by atoms with Crippen molar-refractivity contribution in [2.75, 3.05) is 6.54 Å². The molecule has 3 nitrogen and oxygen atoms in total. The van der Waals surface area contributed by atoms with E-state index in [1.54, 1.807) is 0 Å². The number of likely N-dealkylation sites (N-methyl/N-ethyl adjacent to an activating group) is 1. The van der Waals surface area contributed by atoms with Crippen molar-refractivity contribution in [2.45, 2.75) is 33.4 Å². The molecular weight excluding hydrogens is 222 g/mol. The summed E-state index contributed by atoms with van der Waals surface area (Å²) in [5.74, 6) is 1.06. The summed E-state index contributed by atoms with van der Waals surface area (Å²) >= 11 is 0. The van der Waals surface area contributed by atoms with Crippen LogP contribution in [0.4, 0.5) is 0 Å². The Morgan fingerprint density at radius 2 is 2.17 bits per heavy atom. The van der Waals surface area contributed by atoms with Crippen molar-refractivity contribution in [2.24, 2.45) is 0 Å². The number of rotatable bonds is 5. The topological polar surface area (TPSA) is 29.9 Å². The summed E-state index contributed by atoms with van der Waals surface area (Å²) in [5.41, 5.74) is 2.64. The summed E-state index contributed by atoms with van der Waals surface area (Å²) in [7, 11) is 0. The molecule has 2 aromatic rings. The second-order valence-electron chi connectivity index (χ2n) is 4.65. The van der Waals surface area contributed by atoms with Crippen LogP contribution in [-0.4, -0.2) is 16.1 Å². The van der Waals surface area contributed by atoms with Crippen LogP contribution in [0.25, 0.3) is 0 Å². The normalized spacial score (nSPS) is 12.6. The van der Waals surface area contributed by atoms with Crippen molar-refractivity contribution in [1.82, 2.24) is 14.9 Å². The van der Waals surface area contributed by atoms with Crippen LogP contribution in [0.15, 0.2) is 36.7 Å². The molecule has 1 aromatic heterocycles. The summed E-state index contributed by atoms with van der Waals surface area (Å²) in [6.45, 7) is 8.20. The molecule has 0 saturated heterocycles. The maximum Gasteiger partial charge on any atom is 0.105 e. The minimum Gasteiger partial charge on any atom is -0.333 e. The Labute approximate surface area is 109 Å². The molecule has 0 spiro atoms. The third-order valence-corrected chi connectivity index (χ3v) is 3.20. The lowest BCUT2D eigenvalue weighted by atomic mass is 10.0. The van der Waals surface area contributed by atoms with Gasteiger partial charge in [-0.2, -0.15) is 0 Å². The summed E-state index contributed by atoms with van der Waals surface area (Å²) in [5, 5.41) is 3.54. The van der Waals surface area contributed by atoms with Gasteiger partial charge < -0.3 is 9.88 Å². The van der Waals surface area contributed by atoms with Gasteiger partial charge in [-0.3, -0.25) is 0 Å². The number of aryl methyl sites for hydroxylation is 2. The van der Waals surface area contributed by atoms with Crippen molar-refractivity contribution >= 4 is 0 Å². The quantitative estimate of drug-likeness (QED) is 0.875. The van der Waals surface area contributed by atoms with Gasteiger partial charge in [-0.25, -0.2) is 4.98 Å². The molecule has 1 aromatic carbocycles. The maximum absolute atomic E-state index is 4.28. The zero-order valence-electron chi connectivity index (χ0n) is 11.4. The maximum atomic E-state index is 4.28. The summed E-state index contributed by atoms with van der Waals surface area (Å²) in [6.07, 6.45) is 3.89. The Balaban J connectivity index is 2.20. The van der Waals surface area contributed by atoms with Gasteiger partial charge in [0.15, 0.2) is 0 Å². The van der Waals surface area contributed by atoms with Crippen molar-refractivity contribution in [1.29, 1.82) is 0 Å². The first kappa shape index (κ1) is 12.8. The monoisotopic (exact) mass is 243 g/mol. The standard InChI is InChI=1S/C15H21N3/c1-4-16-15(11-18-9-8-17-13(18)3)14-7-5-6-12(2)10-14/h5-10,15-16H,4,11H2,1-3H3. The number of hydrogen-bond donors (Lipinski definition) is 1. The highest BCUT2D eigenvalue weighted by atomic mass is 15.1. The van der Waals surface area contributed by atoms with E-state index in [2.05, 4.69) is 53.0 Å². The van der Waals surface area contributed by atoms with Crippen molar-refractivity contribution in [3.63, 3.8) is 0 Å². The van der Waals surface area contributed by atoms with E-state index in [1.165, 1.54) is 11.1 Å². The first-order valence-corrected chi connectivity index (χ1v) is 6.48. The van der Waals surface area contributed by atoms with E-state index >= 15 is 0 Å². The van der Waals surface area contributed by atoms with E-state index in [0.29, 0.717) is 6.04 Å². The highest BCUT2D eigenvalue weighted by Gasteiger charge is 2.11. The van der Waals surface area contributed by atoms with Crippen LogP contribution < -0.4 is 5.32 Å².